The van der Waals surface area contributed by atoms with Crippen molar-refractivity contribution in [2.45, 2.75) is 27.2 Å². The van der Waals surface area contributed by atoms with Gasteiger partial charge in [0.05, 0.1) is 5.69 Å². The van der Waals surface area contributed by atoms with E-state index >= 15 is 0 Å². The van der Waals surface area contributed by atoms with Crippen molar-refractivity contribution >= 4 is 21.9 Å². The summed E-state index contributed by atoms with van der Waals surface area (Å²) in [5, 5.41) is 2.30. The summed E-state index contributed by atoms with van der Waals surface area (Å²) in [5.41, 5.74) is 7.84. The molecule has 148 valence electrons. The second-order valence-electron chi connectivity index (χ2n) is 9.14. The molecule has 0 aliphatic rings. The molecule has 5 aromatic rings. The second-order valence-corrected chi connectivity index (χ2v) is 9.14. The number of pyridine rings is 1. The molecule has 0 aliphatic heterocycles. The van der Waals surface area contributed by atoms with Crippen LogP contribution >= 0.6 is 0 Å². The molecule has 0 fully saturated rings. The van der Waals surface area contributed by atoms with Gasteiger partial charge in [-0.2, -0.15) is 0 Å². The van der Waals surface area contributed by atoms with Gasteiger partial charge in [0.2, 0.25) is 0 Å². The molecule has 0 saturated carbocycles. The highest BCUT2D eigenvalue weighted by Crippen LogP contribution is 2.38. The Balaban J connectivity index is 1.63. The van der Waals surface area contributed by atoms with Gasteiger partial charge >= 0.3 is 0 Å². The molecule has 0 bridgehead atoms. The van der Waals surface area contributed by atoms with E-state index in [1.54, 1.807) is 0 Å². The Labute approximate surface area is 177 Å². The third kappa shape index (κ3) is 3.50. The first-order valence-electron chi connectivity index (χ1n) is 10.4. The minimum absolute atomic E-state index is 0.245. The zero-order valence-electron chi connectivity index (χ0n) is 17.6. The minimum atomic E-state index is 0.245. The van der Waals surface area contributed by atoms with Crippen LogP contribution in [-0.4, -0.2) is 4.98 Å². The quantitative estimate of drug-likeness (QED) is 0.312. The maximum absolute atomic E-state index is 6.26. The molecule has 0 unspecified atom stereocenters. The van der Waals surface area contributed by atoms with Crippen molar-refractivity contribution in [1.82, 2.24) is 4.98 Å². The fourth-order valence-electron chi connectivity index (χ4n) is 4.20. The summed E-state index contributed by atoms with van der Waals surface area (Å²) in [5.74, 6) is 0. The third-order valence-corrected chi connectivity index (χ3v) is 5.44. The summed E-state index contributed by atoms with van der Waals surface area (Å²) in [6, 6.07) is 27.5. The number of furan rings is 1. The second kappa shape index (κ2) is 7.14. The largest absolute Gasteiger partial charge is 0.456 e. The van der Waals surface area contributed by atoms with E-state index in [2.05, 4.69) is 92.5 Å². The number of fused-ring (bicyclic) bond motifs is 3. The van der Waals surface area contributed by atoms with E-state index < -0.39 is 0 Å². The van der Waals surface area contributed by atoms with Crippen LogP contribution in [0.4, 0.5) is 0 Å². The topological polar surface area (TPSA) is 26.0 Å². The monoisotopic (exact) mass is 391 g/mol. The summed E-state index contributed by atoms with van der Waals surface area (Å²) >= 11 is 0. The summed E-state index contributed by atoms with van der Waals surface area (Å²) in [4.78, 5) is 4.62. The fraction of sp³-hybridized carbons (Fsp3) is 0.179. The molecule has 0 spiro atoms. The number of nitrogens with zero attached hydrogens (tertiary/aromatic N) is 1. The van der Waals surface area contributed by atoms with Gasteiger partial charge in [0.1, 0.15) is 11.2 Å². The van der Waals surface area contributed by atoms with Gasteiger partial charge < -0.3 is 4.42 Å². The molecule has 2 aromatic heterocycles. The van der Waals surface area contributed by atoms with Gasteiger partial charge in [0.25, 0.3) is 0 Å². The lowest BCUT2D eigenvalue weighted by atomic mass is 9.88. The molecule has 2 nitrogen and oxygen atoms in total. The molecule has 3 aromatic carbocycles. The molecule has 0 amide bonds. The van der Waals surface area contributed by atoms with Crippen molar-refractivity contribution in [2.24, 2.45) is 5.41 Å². The zero-order valence-corrected chi connectivity index (χ0v) is 17.6. The molecule has 2 heteroatoms. The lowest BCUT2D eigenvalue weighted by molar-refractivity contribution is 0.411. The van der Waals surface area contributed by atoms with Gasteiger partial charge in [-0.3, -0.25) is 4.98 Å². The molecule has 0 radical (unpaired) electrons. The van der Waals surface area contributed by atoms with Crippen molar-refractivity contribution in [3.05, 3.63) is 90.6 Å². The SMILES string of the molecule is CC(C)(C)Cc1ccnc(-c2ccc3c(c2)oc2cccc(-c4ccccc4)c23)c1. The van der Waals surface area contributed by atoms with Gasteiger partial charge in [-0.15, -0.1) is 0 Å². The van der Waals surface area contributed by atoms with Crippen LogP contribution in [0.5, 0.6) is 0 Å². The highest BCUT2D eigenvalue weighted by Gasteiger charge is 2.15. The van der Waals surface area contributed by atoms with Crippen LogP contribution in [0.3, 0.4) is 0 Å². The molecule has 5 rings (SSSR count). The number of hydrogen-bond donors (Lipinski definition) is 0. The molecule has 0 saturated heterocycles. The lowest BCUT2D eigenvalue weighted by Crippen LogP contribution is -2.09. The molecule has 0 atom stereocenters. The van der Waals surface area contributed by atoms with Crippen LogP contribution < -0.4 is 0 Å². The Morgan fingerprint density at radius 1 is 0.767 bits per heavy atom. The highest BCUT2D eigenvalue weighted by atomic mass is 16.3. The van der Waals surface area contributed by atoms with E-state index in [0.29, 0.717) is 0 Å². The number of rotatable bonds is 3. The smallest absolute Gasteiger partial charge is 0.136 e. The van der Waals surface area contributed by atoms with Gasteiger partial charge in [0.15, 0.2) is 0 Å². The van der Waals surface area contributed by atoms with Crippen molar-refractivity contribution in [1.29, 1.82) is 0 Å². The number of aromatic nitrogens is 1. The summed E-state index contributed by atoms with van der Waals surface area (Å²) in [6.45, 7) is 6.79. The van der Waals surface area contributed by atoms with Crippen molar-refractivity contribution in [3.8, 4) is 22.4 Å². The van der Waals surface area contributed by atoms with E-state index in [0.717, 1.165) is 34.2 Å². The summed E-state index contributed by atoms with van der Waals surface area (Å²) in [6.07, 6.45) is 2.93. The van der Waals surface area contributed by atoms with E-state index in [4.69, 9.17) is 4.42 Å². The maximum atomic E-state index is 6.26. The first-order chi connectivity index (χ1) is 14.5. The predicted octanol–water partition coefficient (Wildman–Crippen LogP) is 7.90. The fourth-order valence-corrected chi connectivity index (χ4v) is 4.20. The molecular formula is C28H25NO. The normalized spacial score (nSPS) is 12.0. The van der Waals surface area contributed by atoms with Gasteiger partial charge in [-0.05, 0) is 58.9 Å². The van der Waals surface area contributed by atoms with E-state index in [1.165, 1.54) is 22.1 Å². The van der Waals surface area contributed by atoms with Crippen LogP contribution in [0.15, 0.2) is 89.5 Å². The highest BCUT2D eigenvalue weighted by molar-refractivity contribution is 6.12. The summed E-state index contributed by atoms with van der Waals surface area (Å²) < 4.78 is 6.26. The lowest BCUT2D eigenvalue weighted by Gasteiger charge is -2.18. The maximum Gasteiger partial charge on any atom is 0.136 e. The predicted molar refractivity (Wildman–Crippen MR) is 126 cm³/mol. The first-order valence-corrected chi connectivity index (χ1v) is 10.4. The average molecular weight is 392 g/mol. The number of benzene rings is 3. The Bertz CT molecular complexity index is 1340. The van der Waals surface area contributed by atoms with E-state index in [9.17, 15) is 0 Å². The Morgan fingerprint density at radius 2 is 1.60 bits per heavy atom. The minimum Gasteiger partial charge on any atom is -0.456 e. The molecular weight excluding hydrogens is 366 g/mol. The third-order valence-electron chi connectivity index (χ3n) is 5.44. The Morgan fingerprint density at radius 3 is 2.40 bits per heavy atom. The number of hydrogen-bond acceptors (Lipinski definition) is 2. The van der Waals surface area contributed by atoms with E-state index in [1.807, 2.05) is 18.3 Å². The van der Waals surface area contributed by atoms with Gasteiger partial charge in [-0.1, -0.05) is 69.3 Å². The first kappa shape index (κ1) is 18.6. The van der Waals surface area contributed by atoms with Crippen LogP contribution in [0.25, 0.3) is 44.3 Å². The molecule has 30 heavy (non-hydrogen) atoms. The summed E-state index contributed by atoms with van der Waals surface area (Å²) in [7, 11) is 0. The van der Waals surface area contributed by atoms with Crippen LogP contribution in [-0.2, 0) is 6.42 Å². The van der Waals surface area contributed by atoms with Crippen LogP contribution in [0.1, 0.15) is 26.3 Å². The molecule has 2 heterocycles. The van der Waals surface area contributed by atoms with E-state index in [-0.39, 0.29) is 5.41 Å². The zero-order chi connectivity index (χ0) is 20.7. The van der Waals surface area contributed by atoms with Gasteiger partial charge in [-0.25, -0.2) is 0 Å². The Hall–Kier alpha value is -3.39. The van der Waals surface area contributed by atoms with Crippen LogP contribution in [0, 0.1) is 5.41 Å². The van der Waals surface area contributed by atoms with Crippen LogP contribution in [0.2, 0.25) is 0 Å². The van der Waals surface area contributed by atoms with Crippen molar-refractivity contribution < 1.29 is 4.42 Å². The van der Waals surface area contributed by atoms with Crippen molar-refractivity contribution in [2.75, 3.05) is 0 Å². The van der Waals surface area contributed by atoms with Gasteiger partial charge in [0, 0.05) is 22.5 Å². The molecule has 0 aliphatic carbocycles. The van der Waals surface area contributed by atoms with Crippen molar-refractivity contribution in [3.63, 3.8) is 0 Å². The average Bonchev–Trinajstić information content (AvgIpc) is 3.11. The Kier molecular flexibility index (Phi) is 4.43. The standard InChI is InChI=1S/C28H25NO/c1-28(2,3)18-19-14-15-29-24(16-19)21-12-13-23-26(17-21)30-25-11-7-10-22(27(23)25)20-8-5-4-6-9-20/h4-17H,18H2,1-3H3. The molecule has 0 N–H and O–H groups in total.